The molecule has 0 radical (unpaired) electrons. The van der Waals surface area contributed by atoms with Gasteiger partial charge in [0.15, 0.2) is 0 Å². The van der Waals surface area contributed by atoms with E-state index in [0.29, 0.717) is 0 Å². The molecule has 0 aromatic heterocycles. The maximum Gasteiger partial charge on any atom is 0.147 e. The van der Waals surface area contributed by atoms with Crippen LogP contribution < -0.4 is 0 Å². The first-order chi connectivity index (χ1) is 6.75. The van der Waals surface area contributed by atoms with Gasteiger partial charge in [-0.3, -0.25) is 0 Å². The quantitative estimate of drug-likeness (QED) is 0.761. The Bertz CT molecular complexity index is 322. The number of thiol groups is 1. The second kappa shape index (κ2) is 5.81. The van der Waals surface area contributed by atoms with Crippen LogP contribution in [0, 0.1) is 0 Å². The van der Waals surface area contributed by atoms with Gasteiger partial charge in [-0.1, -0.05) is 50.1 Å². The third-order valence-electron chi connectivity index (χ3n) is 2.27. The first kappa shape index (κ1) is 11.2. The van der Waals surface area contributed by atoms with Crippen molar-refractivity contribution in [3.05, 3.63) is 35.9 Å². The van der Waals surface area contributed by atoms with Crippen molar-refractivity contribution in [2.45, 2.75) is 31.4 Å². The Labute approximate surface area is 86.9 Å². The normalized spacial score (nSPS) is 13.0. The van der Waals surface area contributed by atoms with E-state index in [0.717, 1.165) is 24.8 Å². The highest BCUT2D eigenvalue weighted by atomic mass is 32.2. The van der Waals surface area contributed by atoms with Crippen LogP contribution in [-0.2, 0) is 10.7 Å². The van der Waals surface area contributed by atoms with Gasteiger partial charge in [0.2, 0.25) is 0 Å². The number of hydrogen-bond donors (Lipinski definition) is 1. The van der Waals surface area contributed by atoms with Gasteiger partial charge in [0, 0.05) is 0 Å². The Morgan fingerprint density at radius 2 is 1.86 bits per heavy atom. The molecule has 0 saturated carbocycles. The summed E-state index contributed by atoms with van der Waals surface area (Å²) in [6.45, 7) is 2.07. The minimum absolute atomic E-state index is 0.300. The van der Waals surface area contributed by atoms with E-state index in [4.69, 9.17) is 0 Å². The Balaban J connectivity index is 2.78. The van der Waals surface area contributed by atoms with Gasteiger partial charge in [-0.2, -0.15) is 0 Å². The van der Waals surface area contributed by atoms with Crippen LogP contribution in [0.1, 0.15) is 37.0 Å². The predicted octanol–water partition coefficient (Wildman–Crippen LogP) is 2.53. The Hall–Kier alpha value is -0.830. The maximum atomic E-state index is 11.0. The molecule has 0 heterocycles. The molecule has 0 amide bonds. The molecule has 0 aliphatic carbocycles. The Kier molecular flexibility index (Phi) is 4.66. The van der Waals surface area contributed by atoms with Gasteiger partial charge >= 0.3 is 0 Å². The lowest BCUT2D eigenvalue weighted by molar-refractivity contribution is 0.588. The van der Waals surface area contributed by atoms with Gasteiger partial charge in [-0.25, -0.2) is 8.42 Å². The molecule has 0 bridgehead atoms. The van der Waals surface area contributed by atoms with Crippen LogP contribution in [0.2, 0.25) is 0 Å². The number of rotatable bonds is 5. The molecule has 1 aromatic rings. The lowest BCUT2D eigenvalue weighted by Gasteiger charge is -2.09. The Morgan fingerprint density at radius 3 is 2.36 bits per heavy atom. The molecule has 0 fully saturated rings. The molecule has 1 atom stereocenters. The minimum atomic E-state index is -2.35. The Morgan fingerprint density at radius 1 is 1.21 bits per heavy atom. The van der Waals surface area contributed by atoms with Gasteiger partial charge in [0.25, 0.3) is 0 Å². The summed E-state index contributed by atoms with van der Waals surface area (Å²) in [7, 11) is -2.35. The smallest absolute Gasteiger partial charge is 0.147 e. The zero-order valence-electron chi connectivity index (χ0n) is 8.35. The monoisotopic (exact) mass is 212 g/mol. The van der Waals surface area contributed by atoms with Gasteiger partial charge in [0.05, 0.1) is 5.25 Å². The summed E-state index contributed by atoms with van der Waals surface area (Å²) < 4.78 is 22.1. The second-order valence-corrected chi connectivity index (χ2v) is 4.55. The van der Waals surface area contributed by atoms with Crippen LogP contribution in [0.4, 0.5) is 0 Å². The molecular formula is C11H16O2S. The summed E-state index contributed by atoms with van der Waals surface area (Å²) in [6.07, 6.45) is 2.73. The van der Waals surface area contributed by atoms with Crippen molar-refractivity contribution in [3.8, 4) is 0 Å². The van der Waals surface area contributed by atoms with Crippen LogP contribution in [0.25, 0.3) is 0 Å². The summed E-state index contributed by atoms with van der Waals surface area (Å²) in [5, 5.41) is -0.300. The van der Waals surface area contributed by atoms with Crippen LogP contribution in [-0.4, -0.2) is 8.42 Å². The van der Waals surface area contributed by atoms with E-state index in [9.17, 15) is 8.42 Å². The number of hydrogen-bond acceptors (Lipinski definition) is 2. The van der Waals surface area contributed by atoms with Gasteiger partial charge < -0.3 is 0 Å². The molecule has 0 aliphatic heterocycles. The molecule has 3 heteroatoms. The van der Waals surface area contributed by atoms with Crippen LogP contribution in [0.5, 0.6) is 0 Å². The average Bonchev–Trinajstić information content (AvgIpc) is 2.19. The van der Waals surface area contributed by atoms with E-state index in [1.807, 2.05) is 30.3 Å². The average molecular weight is 212 g/mol. The largest absolute Gasteiger partial charge is 0.231 e. The molecule has 1 rings (SSSR count). The fourth-order valence-corrected chi connectivity index (χ4v) is 2.28. The lowest BCUT2D eigenvalue weighted by atomic mass is 10.1. The maximum absolute atomic E-state index is 11.0. The molecule has 14 heavy (non-hydrogen) atoms. The summed E-state index contributed by atoms with van der Waals surface area (Å²) in [6, 6.07) is 9.43. The second-order valence-electron chi connectivity index (χ2n) is 3.35. The van der Waals surface area contributed by atoms with Gasteiger partial charge in [-0.15, -0.1) is 0 Å². The highest BCUT2D eigenvalue weighted by Gasteiger charge is 2.12. The van der Waals surface area contributed by atoms with Crippen LogP contribution >= 0.6 is 0 Å². The fourth-order valence-electron chi connectivity index (χ4n) is 1.47. The molecule has 78 valence electrons. The van der Waals surface area contributed by atoms with E-state index < -0.39 is 10.7 Å². The molecule has 1 aromatic carbocycles. The SMILES string of the molecule is CCCCC(c1ccccc1)[SH](=O)=O. The zero-order valence-corrected chi connectivity index (χ0v) is 9.24. The third kappa shape index (κ3) is 3.14. The number of benzene rings is 1. The van der Waals surface area contributed by atoms with Gasteiger partial charge in [0.1, 0.15) is 10.7 Å². The third-order valence-corrected chi connectivity index (χ3v) is 3.34. The predicted molar refractivity (Wildman–Crippen MR) is 59.0 cm³/mol. The van der Waals surface area contributed by atoms with Gasteiger partial charge in [-0.05, 0) is 12.0 Å². The highest BCUT2D eigenvalue weighted by Crippen LogP contribution is 2.22. The lowest BCUT2D eigenvalue weighted by Crippen LogP contribution is -2.00. The van der Waals surface area contributed by atoms with E-state index >= 15 is 0 Å². The standard InChI is InChI=1S/C11H16O2S/c1-2-3-9-11(14(12)13)10-7-5-4-6-8-10/h4-8,11,14H,2-3,9H2,1H3. The molecule has 1 unspecified atom stereocenters. The summed E-state index contributed by atoms with van der Waals surface area (Å²) in [5.41, 5.74) is 0.914. The number of unbranched alkanes of at least 4 members (excludes halogenated alkanes) is 1. The van der Waals surface area contributed by atoms with Crippen molar-refractivity contribution in [3.63, 3.8) is 0 Å². The molecule has 2 nitrogen and oxygen atoms in total. The molecule has 0 N–H and O–H groups in total. The van der Waals surface area contributed by atoms with E-state index in [-0.39, 0.29) is 5.25 Å². The summed E-state index contributed by atoms with van der Waals surface area (Å²) >= 11 is 0. The van der Waals surface area contributed by atoms with Crippen molar-refractivity contribution >= 4 is 10.7 Å². The highest BCUT2D eigenvalue weighted by molar-refractivity contribution is 7.72. The molecular weight excluding hydrogens is 196 g/mol. The molecule has 0 spiro atoms. The van der Waals surface area contributed by atoms with Crippen molar-refractivity contribution in [2.24, 2.45) is 0 Å². The van der Waals surface area contributed by atoms with E-state index in [1.165, 1.54) is 0 Å². The summed E-state index contributed by atoms with van der Waals surface area (Å²) in [4.78, 5) is 0. The molecule has 0 aliphatic rings. The molecule has 0 saturated heterocycles. The first-order valence-corrected chi connectivity index (χ1v) is 6.18. The topological polar surface area (TPSA) is 34.1 Å². The first-order valence-electron chi connectivity index (χ1n) is 4.94. The van der Waals surface area contributed by atoms with E-state index in [2.05, 4.69) is 6.92 Å². The summed E-state index contributed by atoms with van der Waals surface area (Å²) in [5.74, 6) is 0. The van der Waals surface area contributed by atoms with E-state index in [1.54, 1.807) is 0 Å². The van der Waals surface area contributed by atoms with Crippen LogP contribution in [0.15, 0.2) is 30.3 Å². The van der Waals surface area contributed by atoms with Crippen molar-refractivity contribution < 1.29 is 8.42 Å². The van der Waals surface area contributed by atoms with Crippen molar-refractivity contribution in [2.75, 3.05) is 0 Å². The van der Waals surface area contributed by atoms with Crippen LogP contribution in [0.3, 0.4) is 0 Å². The minimum Gasteiger partial charge on any atom is -0.231 e. The fraction of sp³-hybridized carbons (Fsp3) is 0.455. The van der Waals surface area contributed by atoms with Crippen molar-refractivity contribution in [1.82, 2.24) is 0 Å². The van der Waals surface area contributed by atoms with Crippen molar-refractivity contribution in [1.29, 1.82) is 0 Å². The zero-order chi connectivity index (χ0) is 10.4.